The molecule has 0 saturated heterocycles. The number of rotatable bonds is 8. The van der Waals surface area contributed by atoms with Gasteiger partial charge >= 0.3 is 5.97 Å². The van der Waals surface area contributed by atoms with Crippen LogP contribution >= 0.6 is 0 Å². The topological polar surface area (TPSA) is 124 Å². The monoisotopic (exact) mass is 434 g/mol. The summed E-state index contributed by atoms with van der Waals surface area (Å²) in [5.74, 6) is -1.39. The van der Waals surface area contributed by atoms with Crippen LogP contribution in [0.1, 0.15) is 29.8 Å². The molecule has 160 valence electrons. The fourth-order valence-electron chi connectivity index (χ4n) is 2.73. The summed E-state index contributed by atoms with van der Waals surface area (Å²) in [5, 5.41) is 11.2. The van der Waals surface area contributed by atoms with E-state index in [1.807, 2.05) is 44.2 Å². The maximum Gasteiger partial charge on any atom is 0.338 e. The number of benzene rings is 2. The first kappa shape index (κ1) is 23.0. The molecule has 0 fully saturated rings. The number of carbonyl (C=O) groups is 2. The molecule has 2 aromatic carbocycles. The van der Waals surface area contributed by atoms with Crippen molar-refractivity contribution in [1.82, 2.24) is 4.90 Å². The lowest BCUT2D eigenvalue weighted by Gasteiger charge is -2.26. The van der Waals surface area contributed by atoms with E-state index in [4.69, 9.17) is 4.74 Å². The van der Waals surface area contributed by atoms with Gasteiger partial charge in [-0.15, -0.1) is 0 Å². The SMILES string of the molecule is CC(C)N(Cc1ccccc1)C(=O)COC(=O)c1ccc(S(C)(=O)=O)c([N+](=O)[O-])c1. The van der Waals surface area contributed by atoms with E-state index in [0.717, 1.165) is 30.0 Å². The number of hydrogen-bond acceptors (Lipinski definition) is 7. The van der Waals surface area contributed by atoms with Crippen molar-refractivity contribution in [1.29, 1.82) is 0 Å². The molecular weight excluding hydrogens is 412 g/mol. The van der Waals surface area contributed by atoms with Crippen molar-refractivity contribution in [3.8, 4) is 0 Å². The summed E-state index contributed by atoms with van der Waals surface area (Å²) in [5.41, 5.74) is -0.0370. The van der Waals surface area contributed by atoms with Gasteiger partial charge in [0.05, 0.1) is 10.5 Å². The number of nitrogens with zero attached hydrogens (tertiary/aromatic N) is 2. The van der Waals surface area contributed by atoms with E-state index < -0.39 is 43.8 Å². The molecule has 2 rings (SSSR count). The van der Waals surface area contributed by atoms with Crippen molar-refractivity contribution < 1.29 is 27.7 Å². The molecular formula is C20H22N2O7S. The number of sulfone groups is 1. The molecule has 0 aliphatic rings. The number of amides is 1. The molecule has 2 aromatic rings. The molecule has 10 heteroatoms. The van der Waals surface area contributed by atoms with Crippen LogP contribution in [0.15, 0.2) is 53.4 Å². The Kier molecular flexibility index (Phi) is 7.28. The number of nitro groups is 1. The van der Waals surface area contributed by atoms with Crippen LogP contribution in [0.4, 0.5) is 5.69 Å². The fourth-order valence-corrected chi connectivity index (χ4v) is 3.56. The maximum absolute atomic E-state index is 12.5. The molecule has 1 amide bonds. The van der Waals surface area contributed by atoms with Crippen molar-refractivity contribution in [3.63, 3.8) is 0 Å². The second kappa shape index (κ2) is 9.49. The van der Waals surface area contributed by atoms with Gasteiger partial charge < -0.3 is 9.64 Å². The normalized spacial score (nSPS) is 11.2. The van der Waals surface area contributed by atoms with E-state index >= 15 is 0 Å². The van der Waals surface area contributed by atoms with Gasteiger partial charge in [0, 0.05) is 24.9 Å². The van der Waals surface area contributed by atoms with E-state index in [2.05, 4.69) is 0 Å². The second-order valence-electron chi connectivity index (χ2n) is 6.89. The predicted molar refractivity (Wildman–Crippen MR) is 109 cm³/mol. The van der Waals surface area contributed by atoms with Crippen molar-refractivity contribution in [2.45, 2.75) is 31.3 Å². The maximum atomic E-state index is 12.5. The van der Waals surface area contributed by atoms with Crippen LogP contribution in [0.2, 0.25) is 0 Å². The highest BCUT2D eigenvalue weighted by Crippen LogP contribution is 2.25. The number of carbonyl (C=O) groups excluding carboxylic acids is 2. The Balaban J connectivity index is 2.13. The van der Waals surface area contributed by atoms with Gasteiger partial charge in [0.25, 0.3) is 11.6 Å². The van der Waals surface area contributed by atoms with E-state index in [-0.39, 0.29) is 11.6 Å². The Morgan fingerprint density at radius 1 is 1.13 bits per heavy atom. The standard InChI is InChI=1S/C20H22N2O7S/c1-14(2)21(12-15-7-5-4-6-8-15)19(23)13-29-20(24)16-9-10-18(30(3,27)28)17(11-16)22(25)26/h4-11,14H,12-13H2,1-3H3. The minimum Gasteiger partial charge on any atom is -0.452 e. The van der Waals surface area contributed by atoms with E-state index in [9.17, 15) is 28.1 Å². The third kappa shape index (κ3) is 5.86. The lowest BCUT2D eigenvalue weighted by Crippen LogP contribution is -2.39. The van der Waals surface area contributed by atoms with Gasteiger partial charge in [0.2, 0.25) is 0 Å². The van der Waals surface area contributed by atoms with Crippen LogP contribution < -0.4 is 0 Å². The third-order valence-corrected chi connectivity index (χ3v) is 5.40. The first-order chi connectivity index (χ1) is 14.0. The molecule has 0 atom stereocenters. The van der Waals surface area contributed by atoms with Gasteiger partial charge in [0.1, 0.15) is 4.90 Å². The summed E-state index contributed by atoms with van der Waals surface area (Å²) >= 11 is 0. The zero-order valence-electron chi connectivity index (χ0n) is 16.8. The van der Waals surface area contributed by atoms with Gasteiger partial charge in [0.15, 0.2) is 16.4 Å². The highest BCUT2D eigenvalue weighted by atomic mass is 32.2. The first-order valence-electron chi connectivity index (χ1n) is 8.99. The van der Waals surface area contributed by atoms with Crippen molar-refractivity contribution >= 4 is 27.4 Å². The Bertz CT molecular complexity index is 1050. The lowest BCUT2D eigenvalue weighted by atomic mass is 10.2. The van der Waals surface area contributed by atoms with E-state index in [1.54, 1.807) is 0 Å². The Labute approximate surface area is 174 Å². The molecule has 30 heavy (non-hydrogen) atoms. The number of nitro benzene ring substituents is 1. The predicted octanol–water partition coefficient (Wildman–Crippen LogP) is 2.59. The molecule has 0 aliphatic heterocycles. The quantitative estimate of drug-likeness (QED) is 0.355. The van der Waals surface area contributed by atoms with Crippen LogP contribution in [0.5, 0.6) is 0 Å². The molecule has 0 saturated carbocycles. The van der Waals surface area contributed by atoms with Crippen molar-refractivity contribution in [2.75, 3.05) is 12.9 Å². The smallest absolute Gasteiger partial charge is 0.338 e. The first-order valence-corrected chi connectivity index (χ1v) is 10.9. The Morgan fingerprint density at radius 3 is 2.30 bits per heavy atom. The van der Waals surface area contributed by atoms with Crippen LogP contribution in [-0.2, 0) is 25.9 Å². The lowest BCUT2D eigenvalue weighted by molar-refractivity contribution is -0.387. The minimum absolute atomic E-state index is 0.147. The third-order valence-electron chi connectivity index (χ3n) is 4.26. The van der Waals surface area contributed by atoms with Crippen molar-refractivity contribution in [3.05, 3.63) is 69.8 Å². The van der Waals surface area contributed by atoms with Crippen LogP contribution in [0, 0.1) is 10.1 Å². The molecule has 0 bridgehead atoms. The summed E-state index contributed by atoms with van der Waals surface area (Å²) in [6, 6.07) is 12.1. The number of hydrogen-bond donors (Lipinski definition) is 0. The van der Waals surface area contributed by atoms with Gasteiger partial charge in [-0.3, -0.25) is 14.9 Å². The van der Waals surface area contributed by atoms with Gasteiger partial charge in [-0.2, -0.15) is 0 Å². The Hall–Kier alpha value is -3.27. The van der Waals surface area contributed by atoms with Crippen LogP contribution in [0.25, 0.3) is 0 Å². The van der Waals surface area contributed by atoms with Gasteiger partial charge in [-0.1, -0.05) is 30.3 Å². The van der Waals surface area contributed by atoms with Gasteiger partial charge in [-0.25, -0.2) is 13.2 Å². The molecule has 0 spiro atoms. The molecule has 0 unspecified atom stereocenters. The molecule has 0 aromatic heterocycles. The summed E-state index contributed by atoms with van der Waals surface area (Å²) in [7, 11) is -3.85. The molecule has 0 aliphatic carbocycles. The van der Waals surface area contributed by atoms with E-state index in [1.165, 1.54) is 4.90 Å². The summed E-state index contributed by atoms with van der Waals surface area (Å²) in [4.78, 5) is 36.1. The summed E-state index contributed by atoms with van der Waals surface area (Å²) in [6.45, 7) is 3.45. The highest BCUT2D eigenvalue weighted by molar-refractivity contribution is 7.90. The number of ether oxygens (including phenoxy) is 1. The van der Waals surface area contributed by atoms with Crippen molar-refractivity contribution in [2.24, 2.45) is 0 Å². The minimum atomic E-state index is -3.85. The summed E-state index contributed by atoms with van der Waals surface area (Å²) in [6.07, 6.45) is 0.833. The van der Waals surface area contributed by atoms with Crippen LogP contribution in [0.3, 0.4) is 0 Å². The van der Waals surface area contributed by atoms with Gasteiger partial charge in [-0.05, 0) is 31.5 Å². The fraction of sp³-hybridized carbons (Fsp3) is 0.300. The average Bonchev–Trinajstić information content (AvgIpc) is 2.69. The zero-order chi connectivity index (χ0) is 22.5. The number of esters is 1. The highest BCUT2D eigenvalue weighted by Gasteiger charge is 2.25. The average molecular weight is 434 g/mol. The zero-order valence-corrected chi connectivity index (χ0v) is 17.6. The Morgan fingerprint density at radius 2 is 1.77 bits per heavy atom. The molecule has 0 heterocycles. The summed E-state index contributed by atoms with van der Waals surface area (Å²) < 4.78 is 28.4. The largest absolute Gasteiger partial charge is 0.452 e. The molecule has 9 nitrogen and oxygen atoms in total. The van der Waals surface area contributed by atoms with E-state index in [0.29, 0.717) is 6.54 Å². The molecule has 0 N–H and O–H groups in total. The van der Waals surface area contributed by atoms with Crippen LogP contribution in [-0.4, -0.2) is 49.0 Å². The molecule has 0 radical (unpaired) electrons. The second-order valence-corrected chi connectivity index (χ2v) is 8.87.